The highest BCUT2D eigenvalue weighted by molar-refractivity contribution is 6.20. The number of likely N-dealkylation sites (tertiary alicyclic amines) is 1. The largest absolute Gasteiger partial charge is 0.342 e. The van der Waals surface area contributed by atoms with E-state index < -0.39 is 0 Å². The highest BCUT2D eigenvalue weighted by atomic mass is 35.5. The van der Waals surface area contributed by atoms with Gasteiger partial charge in [0.1, 0.15) is 0 Å². The summed E-state index contributed by atoms with van der Waals surface area (Å²) in [5.41, 5.74) is 1.12. The molecule has 3 atom stereocenters. The Bertz CT molecular complexity index is 420. The number of carbonyl (C=O) groups excluding carboxylic acids is 1. The summed E-state index contributed by atoms with van der Waals surface area (Å²) in [7, 11) is 0. The molecule has 1 aromatic rings. The lowest BCUT2D eigenvalue weighted by Gasteiger charge is -2.36. The fraction of sp³-hybridized carbons (Fsp3) is 0.562. The van der Waals surface area contributed by atoms with Gasteiger partial charge >= 0.3 is 0 Å². The predicted octanol–water partition coefficient (Wildman–Crippen LogP) is 3.66. The first-order valence-electron chi connectivity index (χ1n) is 7.11. The van der Waals surface area contributed by atoms with Crippen LogP contribution >= 0.6 is 11.6 Å². The van der Waals surface area contributed by atoms with Crippen LogP contribution in [-0.2, 0) is 4.79 Å². The number of hydrogen-bond donors (Lipinski definition) is 0. The zero-order valence-electron chi connectivity index (χ0n) is 11.7. The van der Waals surface area contributed by atoms with Gasteiger partial charge in [0.25, 0.3) is 0 Å². The Morgan fingerprint density at radius 1 is 1.42 bits per heavy atom. The van der Waals surface area contributed by atoms with Crippen LogP contribution in [0.4, 0.5) is 0 Å². The van der Waals surface area contributed by atoms with Gasteiger partial charge in [0.05, 0.1) is 5.92 Å². The molecule has 0 radical (unpaired) electrons. The van der Waals surface area contributed by atoms with Crippen molar-refractivity contribution in [1.82, 2.24) is 4.90 Å². The van der Waals surface area contributed by atoms with E-state index in [0.29, 0.717) is 5.92 Å². The van der Waals surface area contributed by atoms with Gasteiger partial charge in [-0.3, -0.25) is 4.79 Å². The van der Waals surface area contributed by atoms with Crippen LogP contribution in [0.25, 0.3) is 0 Å². The quantitative estimate of drug-likeness (QED) is 0.774. The van der Waals surface area contributed by atoms with E-state index in [1.54, 1.807) is 0 Å². The average molecular weight is 280 g/mol. The molecule has 1 aliphatic rings. The summed E-state index contributed by atoms with van der Waals surface area (Å²) in [6.45, 7) is 5.78. The SMILES string of the molecule is CCC(C(=O)N1CCC(Cl)C(C)C1)c1ccccc1. The lowest BCUT2D eigenvalue weighted by atomic mass is 9.92. The molecule has 3 unspecified atom stereocenters. The number of alkyl halides is 1. The number of rotatable bonds is 3. The minimum Gasteiger partial charge on any atom is -0.342 e. The zero-order chi connectivity index (χ0) is 13.8. The van der Waals surface area contributed by atoms with Crippen LogP contribution in [0.1, 0.15) is 38.2 Å². The molecule has 0 aliphatic carbocycles. The van der Waals surface area contributed by atoms with Gasteiger partial charge in [0.2, 0.25) is 5.91 Å². The second-order valence-electron chi connectivity index (χ2n) is 5.44. The molecule has 0 aromatic heterocycles. The third-order valence-corrected chi connectivity index (χ3v) is 4.67. The summed E-state index contributed by atoms with van der Waals surface area (Å²) >= 11 is 6.23. The van der Waals surface area contributed by atoms with Gasteiger partial charge in [0, 0.05) is 18.5 Å². The number of nitrogens with zero attached hydrogens (tertiary/aromatic N) is 1. The summed E-state index contributed by atoms with van der Waals surface area (Å²) in [5, 5.41) is 0.209. The van der Waals surface area contributed by atoms with Crippen molar-refractivity contribution in [3.8, 4) is 0 Å². The number of halogens is 1. The molecular weight excluding hydrogens is 258 g/mol. The molecule has 1 aliphatic heterocycles. The molecule has 1 heterocycles. The first kappa shape index (κ1) is 14.4. The highest BCUT2D eigenvalue weighted by Gasteiger charge is 2.30. The van der Waals surface area contributed by atoms with Gasteiger partial charge in [0.15, 0.2) is 0 Å². The number of benzene rings is 1. The van der Waals surface area contributed by atoms with Crippen LogP contribution in [0, 0.1) is 5.92 Å². The molecule has 1 aromatic carbocycles. The average Bonchev–Trinajstić information content (AvgIpc) is 2.44. The van der Waals surface area contributed by atoms with Crippen LogP contribution in [0.15, 0.2) is 30.3 Å². The van der Waals surface area contributed by atoms with Crippen molar-refractivity contribution in [2.75, 3.05) is 13.1 Å². The van der Waals surface area contributed by atoms with Gasteiger partial charge in [-0.1, -0.05) is 44.2 Å². The Morgan fingerprint density at radius 2 is 2.11 bits per heavy atom. The van der Waals surface area contributed by atoms with E-state index in [1.165, 1.54) is 0 Å². The van der Waals surface area contributed by atoms with Gasteiger partial charge in [-0.25, -0.2) is 0 Å². The number of hydrogen-bond acceptors (Lipinski definition) is 1. The maximum absolute atomic E-state index is 12.7. The number of carbonyl (C=O) groups is 1. The number of amides is 1. The van der Waals surface area contributed by atoms with E-state index in [1.807, 2.05) is 35.2 Å². The minimum atomic E-state index is -0.0136. The third kappa shape index (κ3) is 3.30. The van der Waals surface area contributed by atoms with E-state index in [9.17, 15) is 4.79 Å². The van der Waals surface area contributed by atoms with Crippen molar-refractivity contribution >= 4 is 17.5 Å². The van der Waals surface area contributed by atoms with Crippen LogP contribution < -0.4 is 0 Å². The third-order valence-electron chi connectivity index (χ3n) is 4.02. The maximum Gasteiger partial charge on any atom is 0.230 e. The molecule has 1 fully saturated rings. The van der Waals surface area contributed by atoms with Crippen LogP contribution in [0.2, 0.25) is 0 Å². The summed E-state index contributed by atoms with van der Waals surface area (Å²) in [6, 6.07) is 10.1. The van der Waals surface area contributed by atoms with Crippen molar-refractivity contribution in [2.24, 2.45) is 5.92 Å². The fourth-order valence-corrected chi connectivity index (χ4v) is 2.95. The molecule has 2 nitrogen and oxygen atoms in total. The van der Waals surface area contributed by atoms with Crippen LogP contribution in [-0.4, -0.2) is 29.3 Å². The van der Waals surface area contributed by atoms with E-state index in [0.717, 1.165) is 31.5 Å². The molecule has 2 rings (SSSR count). The van der Waals surface area contributed by atoms with Crippen molar-refractivity contribution in [3.05, 3.63) is 35.9 Å². The number of piperidine rings is 1. The van der Waals surface area contributed by atoms with Gasteiger partial charge in [-0.2, -0.15) is 0 Å². The standard InChI is InChI=1S/C16H22ClNO/c1-3-14(13-7-5-4-6-8-13)16(19)18-10-9-15(17)12(2)11-18/h4-8,12,14-15H,3,9-11H2,1-2H3. The Kier molecular flexibility index (Phi) is 4.87. The van der Waals surface area contributed by atoms with Crippen molar-refractivity contribution in [3.63, 3.8) is 0 Å². The summed E-state index contributed by atoms with van der Waals surface area (Å²) in [6.07, 6.45) is 1.75. The van der Waals surface area contributed by atoms with Crippen molar-refractivity contribution in [1.29, 1.82) is 0 Å². The molecule has 19 heavy (non-hydrogen) atoms. The van der Waals surface area contributed by atoms with Gasteiger partial charge in [-0.05, 0) is 24.3 Å². The fourth-order valence-electron chi connectivity index (χ4n) is 2.78. The lowest BCUT2D eigenvalue weighted by Crippen LogP contribution is -2.45. The van der Waals surface area contributed by atoms with E-state index >= 15 is 0 Å². The molecule has 0 saturated carbocycles. The molecular formula is C16H22ClNO. The van der Waals surface area contributed by atoms with Gasteiger partial charge < -0.3 is 4.90 Å². The monoisotopic (exact) mass is 279 g/mol. The second-order valence-corrected chi connectivity index (χ2v) is 6.00. The summed E-state index contributed by atoms with van der Waals surface area (Å²) < 4.78 is 0. The summed E-state index contributed by atoms with van der Waals surface area (Å²) in [5.74, 6) is 0.622. The van der Waals surface area contributed by atoms with Gasteiger partial charge in [-0.15, -0.1) is 11.6 Å². The topological polar surface area (TPSA) is 20.3 Å². The summed E-state index contributed by atoms with van der Waals surface area (Å²) in [4.78, 5) is 14.7. The smallest absolute Gasteiger partial charge is 0.230 e. The zero-order valence-corrected chi connectivity index (χ0v) is 12.4. The first-order chi connectivity index (χ1) is 9.13. The van der Waals surface area contributed by atoms with Crippen LogP contribution in [0.5, 0.6) is 0 Å². The normalized spacial score (nSPS) is 25.1. The maximum atomic E-state index is 12.7. The highest BCUT2D eigenvalue weighted by Crippen LogP contribution is 2.27. The second kappa shape index (κ2) is 6.42. The van der Waals surface area contributed by atoms with E-state index in [2.05, 4.69) is 13.8 Å². The van der Waals surface area contributed by atoms with E-state index in [-0.39, 0.29) is 17.2 Å². The Labute approximate surface area is 120 Å². The Morgan fingerprint density at radius 3 is 2.68 bits per heavy atom. The van der Waals surface area contributed by atoms with Crippen molar-refractivity contribution < 1.29 is 4.79 Å². The molecule has 104 valence electrons. The van der Waals surface area contributed by atoms with E-state index in [4.69, 9.17) is 11.6 Å². The molecule has 1 amide bonds. The molecule has 0 N–H and O–H groups in total. The van der Waals surface area contributed by atoms with Crippen molar-refractivity contribution in [2.45, 2.75) is 38.0 Å². The lowest BCUT2D eigenvalue weighted by molar-refractivity contribution is -0.134. The molecule has 0 spiro atoms. The van der Waals surface area contributed by atoms with Crippen LogP contribution in [0.3, 0.4) is 0 Å². The Hall–Kier alpha value is -1.02. The minimum absolute atomic E-state index is 0.0136. The first-order valence-corrected chi connectivity index (χ1v) is 7.55. The molecule has 0 bridgehead atoms. The predicted molar refractivity (Wildman–Crippen MR) is 79.5 cm³/mol. The Balaban J connectivity index is 2.09. The molecule has 1 saturated heterocycles. The molecule has 3 heteroatoms.